The van der Waals surface area contributed by atoms with Crippen LogP contribution in [0.3, 0.4) is 0 Å². The Bertz CT molecular complexity index is 789. The number of hydrogen-bond donors (Lipinski definition) is 0. The molecule has 1 aromatic rings. The van der Waals surface area contributed by atoms with Gasteiger partial charge in [0.25, 0.3) is 0 Å². The van der Waals surface area contributed by atoms with E-state index in [1.54, 1.807) is 14.2 Å². The van der Waals surface area contributed by atoms with E-state index in [0.29, 0.717) is 19.1 Å². The van der Waals surface area contributed by atoms with Gasteiger partial charge in [0.2, 0.25) is 0 Å². The largest absolute Gasteiger partial charge is 0.497 e. The minimum atomic E-state index is -0.0703. The summed E-state index contributed by atoms with van der Waals surface area (Å²) in [4.78, 5) is 10.9. The van der Waals surface area contributed by atoms with Crippen LogP contribution in [0.1, 0.15) is 39.7 Å². The summed E-state index contributed by atoms with van der Waals surface area (Å²) in [5, 5.41) is 0. The molecule has 1 aromatic carbocycles. The molecule has 0 fully saturated rings. The molecule has 0 radical (unpaired) electrons. The zero-order valence-electron chi connectivity index (χ0n) is 21.0. The van der Waals surface area contributed by atoms with Gasteiger partial charge in [-0.05, 0) is 55.4 Å². The monoisotopic (exact) mass is 456 g/mol. The zero-order valence-corrected chi connectivity index (χ0v) is 21.0. The van der Waals surface area contributed by atoms with Crippen molar-refractivity contribution in [1.82, 2.24) is 0 Å². The van der Waals surface area contributed by atoms with Gasteiger partial charge < -0.3 is 18.9 Å². The lowest BCUT2D eigenvalue weighted by molar-refractivity contribution is -0.104. The van der Waals surface area contributed by atoms with Crippen molar-refractivity contribution in [3.05, 3.63) is 77.4 Å². The maximum Gasteiger partial charge on any atom is 0.147 e. The third kappa shape index (κ3) is 13.0. The number of benzene rings is 1. The van der Waals surface area contributed by atoms with Crippen LogP contribution in [0.5, 0.6) is 5.75 Å². The molecule has 0 spiro atoms. The van der Waals surface area contributed by atoms with Gasteiger partial charge in [0.1, 0.15) is 18.8 Å². The molecule has 1 rings (SSSR count). The van der Waals surface area contributed by atoms with Crippen LogP contribution >= 0.6 is 0 Å². The van der Waals surface area contributed by atoms with Gasteiger partial charge in [-0.25, -0.2) is 0 Å². The van der Waals surface area contributed by atoms with Crippen LogP contribution in [0.15, 0.2) is 71.9 Å². The second-order valence-corrected chi connectivity index (χ2v) is 8.31. The lowest BCUT2D eigenvalue weighted by Gasteiger charge is -2.23. The molecule has 3 atom stereocenters. The highest BCUT2D eigenvalue weighted by Gasteiger charge is 2.17. The first kappa shape index (κ1) is 28.6. The van der Waals surface area contributed by atoms with E-state index in [4.69, 9.17) is 18.9 Å². The lowest BCUT2D eigenvalue weighted by atomic mass is 9.91. The molecular formula is C28H40O5. The number of carbonyl (C=O) groups is 1. The van der Waals surface area contributed by atoms with Crippen molar-refractivity contribution >= 4 is 6.29 Å². The molecule has 33 heavy (non-hydrogen) atoms. The van der Waals surface area contributed by atoms with Crippen molar-refractivity contribution in [3.63, 3.8) is 0 Å². The highest BCUT2D eigenvalue weighted by Crippen LogP contribution is 2.21. The van der Waals surface area contributed by atoms with Crippen LogP contribution < -0.4 is 4.74 Å². The fourth-order valence-electron chi connectivity index (χ4n) is 3.37. The Morgan fingerprint density at radius 1 is 1.03 bits per heavy atom. The molecule has 0 N–H and O–H groups in total. The van der Waals surface area contributed by atoms with Crippen molar-refractivity contribution in [2.24, 2.45) is 11.8 Å². The second-order valence-electron chi connectivity index (χ2n) is 8.31. The van der Waals surface area contributed by atoms with Gasteiger partial charge in [0.15, 0.2) is 0 Å². The summed E-state index contributed by atoms with van der Waals surface area (Å²) in [5.74, 6) is 1.42. The quantitative estimate of drug-likeness (QED) is 0.0994. The van der Waals surface area contributed by atoms with Gasteiger partial charge in [-0.2, -0.15) is 0 Å². The molecule has 0 heterocycles. The molecule has 0 saturated carbocycles. The molecule has 0 aliphatic rings. The van der Waals surface area contributed by atoms with Gasteiger partial charge in [-0.15, -0.1) is 0 Å². The Kier molecular flexibility index (Phi) is 14.8. The molecular weight excluding hydrogens is 416 g/mol. The third-order valence-electron chi connectivity index (χ3n) is 5.14. The lowest BCUT2D eigenvalue weighted by Crippen LogP contribution is -2.22. The number of hydrogen-bond acceptors (Lipinski definition) is 5. The molecule has 0 bridgehead atoms. The van der Waals surface area contributed by atoms with Crippen LogP contribution in [0.2, 0.25) is 0 Å². The third-order valence-corrected chi connectivity index (χ3v) is 5.14. The van der Waals surface area contributed by atoms with E-state index in [0.717, 1.165) is 35.2 Å². The predicted molar refractivity (Wildman–Crippen MR) is 134 cm³/mol. The molecule has 182 valence electrons. The molecule has 5 heteroatoms. The highest BCUT2D eigenvalue weighted by atomic mass is 16.7. The first-order valence-corrected chi connectivity index (χ1v) is 11.4. The summed E-state index contributed by atoms with van der Waals surface area (Å²) >= 11 is 0. The number of allylic oxidation sites excluding steroid dienone is 6. The minimum absolute atomic E-state index is 0.0703. The summed E-state index contributed by atoms with van der Waals surface area (Å²) in [7, 11) is 3.28. The summed E-state index contributed by atoms with van der Waals surface area (Å²) < 4.78 is 21.8. The number of rotatable bonds is 16. The molecule has 0 aliphatic carbocycles. The molecule has 0 aromatic heterocycles. The van der Waals surface area contributed by atoms with Gasteiger partial charge in [0.05, 0.1) is 26.4 Å². The smallest absolute Gasteiger partial charge is 0.147 e. The van der Waals surface area contributed by atoms with E-state index in [2.05, 4.69) is 26.0 Å². The minimum Gasteiger partial charge on any atom is -0.497 e. The summed E-state index contributed by atoms with van der Waals surface area (Å²) in [6.07, 6.45) is 13.9. The SMILES string of the molecule is COCO[C@H](/C=C/C=C/C(C)=C/COCc1ccc(OC)cc1)[C@@H](C)C[C@H](C)/C=C(\C)C=O. The van der Waals surface area contributed by atoms with E-state index in [1.807, 2.05) is 62.4 Å². The van der Waals surface area contributed by atoms with E-state index in [-0.39, 0.29) is 18.8 Å². The van der Waals surface area contributed by atoms with Crippen molar-refractivity contribution < 1.29 is 23.7 Å². The van der Waals surface area contributed by atoms with Crippen molar-refractivity contribution in [2.75, 3.05) is 27.6 Å². The van der Waals surface area contributed by atoms with Gasteiger partial charge in [-0.3, -0.25) is 4.79 Å². The standard InChI is InChI=1S/C28H40O5/c1-22(15-16-32-20-26-11-13-27(31-6)14-12-26)9-7-8-10-28(33-21-30-5)25(4)18-23(2)17-24(3)19-29/h7-15,17,19,23,25,28H,16,18,20-21H2,1-6H3/b9-7+,10-8+,22-15+,24-17+/t23-,25+,28-/m1/s1. The first-order chi connectivity index (χ1) is 15.9. The zero-order chi connectivity index (χ0) is 24.5. The molecule has 5 nitrogen and oxygen atoms in total. The molecule has 0 saturated heterocycles. The Morgan fingerprint density at radius 2 is 1.76 bits per heavy atom. The van der Waals surface area contributed by atoms with Gasteiger partial charge >= 0.3 is 0 Å². The Morgan fingerprint density at radius 3 is 2.39 bits per heavy atom. The van der Waals surface area contributed by atoms with Crippen LogP contribution in [0, 0.1) is 11.8 Å². The predicted octanol–water partition coefficient (Wildman–Crippen LogP) is 6.07. The van der Waals surface area contributed by atoms with Crippen LogP contribution in [-0.2, 0) is 25.6 Å². The Hall–Kier alpha value is -2.47. The number of carbonyl (C=O) groups excluding carboxylic acids is 1. The summed E-state index contributed by atoms with van der Waals surface area (Å²) in [5.41, 5.74) is 3.00. The van der Waals surface area contributed by atoms with Crippen molar-refractivity contribution in [3.8, 4) is 5.75 Å². The summed E-state index contributed by atoms with van der Waals surface area (Å²) in [6.45, 7) is 9.50. The number of ether oxygens (including phenoxy) is 4. The van der Waals surface area contributed by atoms with Crippen LogP contribution in [0.25, 0.3) is 0 Å². The maximum absolute atomic E-state index is 10.9. The van der Waals surface area contributed by atoms with E-state index in [1.165, 1.54) is 0 Å². The average Bonchev–Trinajstić information content (AvgIpc) is 2.81. The normalized spacial score (nSPS) is 15.7. The fourth-order valence-corrected chi connectivity index (χ4v) is 3.37. The highest BCUT2D eigenvalue weighted by molar-refractivity contribution is 5.72. The van der Waals surface area contributed by atoms with Crippen LogP contribution in [0.4, 0.5) is 0 Å². The average molecular weight is 457 g/mol. The Labute approximate surface area is 199 Å². The second kappa shape index (κ2) is 17.1. The fraction of sp³-hybridized carbons (Fsp3) is 0.464. The maximum atomic E-state index is 10.9. The van der Waals surface area contributed by atoms with E-state index in [9.17, 15) is 4.79 Å². The Balaban J connectivity index is 2.53. The first-order valence-electron chi connectivity index (χ1n) is 11.4. The topological polar surface area (TPSA) is 54.0 Å². The number of methoxy groups -OCH3 is 2. The van der Waals surface area contributed by atoms with Crippen LogP contribution in [-0.4, -0.2) is 40.0 Å². The van der Waals surface area contributed by atoms with Crippen molar-refractivity contribution in [1.29, 1.82) is 0 Å². The number of aldehydes is 1. The van der Waals surface area contributed by atoms with E-state index < -0.39 is 0 Å². The van der Waals surface area contributed by atoms with Gasteiger partial charge in [-0.1, -0.05) is 68.0 Å². The van der Waals surface area contributed by atoms with E-state index >= 15 is 0 Å². The molecule has 0 aliphatic heterocycles. The van der Waals surface area contributed by atoms with Crippen molar-refractivity contribution in [2.45, 2.75) is 46.8 Å². The van der Waals surface area contributed by atoms with Gasteiger partial charge in [0, 0.05) is 7.11 Å². The molecule has 0 unspecified atom stereocenters. The molecule has 0 amide bonds. The summed E-state index contributed by atoms with van der Waals surface area (Å²) in [6, 6.07) is 7.87.